The van der Waals surface area contributed by atoms with E-state index in [2.05, 4.69) is 21.0 Å². The van der Waals surface area contributed by atoms with Crippen molar-refractivity contribution in [3.8, 4) is 0 Å². The molecule has 2 rings (SSSR count). The van der Waals surface area contributed by atoms with Crippen LogP contribution in [0.2, 0.25) is 0 Å². The third kappa shape index (κ3) is 3.53. The van der Waals surface area contributed by atoms with Gasteiger partial charge in [-0.1, -0.05) is 30.3 Å². The molecule has 1 atom stereocenters. The molecule has 0 spiro atoms. The second-order valence-corrected chi connectivity index (χ2v) is 5.80. The standard InChI is InChI=1S/C16H19BrN2O2/c1-3-19-14(15(17)11(2)18-19)10-9-13(16(20)21)12-7-5-4-6-8-12/h4-8,13H,3,9-10H2,1-2H3,(H,20,21). The van der Waals surface area contributed by atoms with Crippen LogP contribution in [0, 0.1) is 6.92 Å². The van der Waals surface area contributed by atoms with Gasteiger partial charge in [-0.05, 0) is 48.2 Å². The number of carboxylic acid groups (broad SMARTS) is 1. The van der Waals surface area contributed by atoms with E-state index in [0.29, 0.717) is 12.8 Å². The first kappa shape index (κ1) is 15.8. The Hall–Kier alpha value is -1.62. The van der Waals surface area contributed by atoms with E-state index in [-0.39, 0.29) is 0 Å². The Morgan fingerprint density at radius 3 is 2.62 bits per heavy atom. The third-order valence-corrected chi connectivity index (χ3v) is 4.65. The molecule has 4 nitrogen and oxygen atoms in total. The predicted molar refractivity (Wildman–Crippen MR) is 85.5 cm³/mol. The summed E-state index contributed by atoms with van der Waals surface area (Å²) in [6.45, 7) is 4.77. The molecule has 0 aliphatic carbocycles. The highest BCUT2D eigenvalue weighted by Gasteiger charge is 2.21. The molecule has 0 fully saturated rings. The molecule has 0 amide bonds. The van der Waals surface area contributed by atoms with Gasteiger partial charge >= 0.3 is 5.97 Å². The van der Waals surface area contributed by atoms with Gasteiger partial charge in [-0.15, -0.1) is 0 Å². The first-order valence-electron chi connectivity index (χ1n) is 7.04. The van der Waals surface area contributed by atoms with E-state index < -0.39 is 11.9 Å². The van der Waals surface area contributed by atoms with Gasteiger partial charge in [-0.2, -0.15) is 5.10 Å². The van der Waals surface area contributed by atoms with Gasteiger partial charge in [-0.25, -0.2) is 0 Å². The SMILES string of the molecule is CCn1nc(C)c(Br)c1CCC(C(=O)O)c1ccccc1. The van der Waals surface area contributed by atoms with Crippen LogP contribution in [0.25, 0.3) is 0 Å². The normalized spacial score (nSPS) is 12.3. The molecule has 0 aliphatic rings. The number of aromatic nitrogens is 2. The average Bonchev–Trinajstić information content (AvgIpc) is 2.75. The highest BCUT2D eigenvalue weighted by Crippen LogP contribution is 2.27. The lowest BCUT2D eigenvalue weighted by Gasteiger charge is -2.13. The second-order valence-electron chi connectivity index (χ2n) is 5.00. The van der Waals surface area contributed by atoms with Crippen molar-refractivity contribution in [3.63, 3.8) is 0 Å². The maximum atomic E-state index is 11.5. The zero-order valence-corrected chi connectivity index (χ0v) is 13.8. The topological polar surface area (TPSA) is 55.1 Å². The van der Waals surface area contributed by atoms with Crippen molar-refractivity contribution in [1.82, 2.24) is 9.78 Å². The Labute approximate surface area is 132 Å². The molecule has 21 heavy (non-hydrogen) atoms. The van der Waals surface area contributed by atoms with Crippen LogP contribution < -0.4 is 0 Å². The minimum absolute atomic E-state index is 0.487. The molecule has 0 bridgehead atoms. The molecule has 0 aliphatic heterocycles. The highest BCUT2D eigenvalue weighted by molar-refractivity contribution is 9.10. The summed E-state index contributed by atoms with van der Waals surface area (Å²) in [6, 6.07) is 9.39. The Bertz CT molecular complexity index is 623. The Balaban J connectivity index is 2.19. The van der Waals surface area contributed by atoms with Crippen molar-refractivity contribution in [2.24, 2.45) is 0 Å². The van der Waals surface area contributed by atoms with Gasteiger partial charge in [0.15, 0.2) is 0 Å². The van der Waals surface area contributed by atoms with E-state index in [1.807, 2.05) is 48.9 Å². The highest BCUT2D eigenvalue weighted by atomic mass is 79.9. The van der Waals surface area contributed by atoms with E-state index in [9.17, 15) is 9.90 Å². The van der Waals surface area contributed by atoms with E-state index in [0.717, 1.165) is 28.0 Å². The van der Waals surface area contributed by atoms with Gasteiger partial charge in [0.25, 0.3) is 0 Å². The zero-order chi connectivity index (χ0) is 15.4. The Kier molecular flexibility index (Phi) is 5.17. The van der Waals surface area contributed by atoms with Crippen LogP contribution >= 0.6 is 15.9 Å². The number of aryl methyl sites for hydroxylation is 2. The lowest BCUT2D eigenvalue weighted by Crippen LogP contribution is -2.14. The number of halogens is 1. The fourth-order valence-corrected chi connectivity index (χ4v) is 2.99. The molecule has 1 aromatic carbocycles. The number of nitrogens with zero attached hydrogens (tertiary/aromatic N) is 2. The zero-order valence-electron chi connectivity index (χ0n) is 12.2. The smallest absolute Gasteiger partial charge is 0.310 e. The van der Waals surface area contributed by atoms with E-state index in [1.165, 1.54) is 0 Å². The van der Waals surface area contributed by atoms with Crippen LogP contribution in [-0.2, 0) is 17.8 Å². The largest absolute Gasteiger partial charge is 0.481 e. The monoisotopic (exact) mass is 350 g/mol. The minimum Gasteiger partial charge on any atom is -0.481 e. The van der Waals surface area contributed by atoms with Crippen LogP contribution in [0.1, 0.15) is 36.2 Å². The average molecular weight is 351 g/mol. The third-order valence-electron chi connectivity index (χ3n) is 3.62. The van der Waals surface area contributed by atoms with Gasteiger partial charge in [0.05, 0.1) is 21.8 Å². The molecule has 2 aromatic rings. The molecule has 1 aromatic heterocycles. The summed E-state index contributed by atoms with van der Waals surface area (Å²) in [5.74, 6) is -1.27. The molecule has 1 unspecified atom stereocenters. The van der Waals surface area contributed by atoms with Crippen LogP contribution in [0.5, 0.6) is 0 Å². The maximum absolute atomic E-state index is 11.5. The number of hydrogen-bond acceptors (Lipinski definition) is 2. The van der Waals surface area contributed by atoms with E-state index >= 15 is 0 Å². The molecule has 1 N–H and O–H groups in total. The fourth-order valence-electron chi connectivity index (χ4n) is 2.51. The lowest BCUT2D eigenvalue weighted by molar-refractivity contribution is -0.138. The quantitative estimate of drug-likeness (QED) is 0.862. The summed E-state index contributed by atoms with van der Waals surface area (Å²) in [4.78, 5) is 11.5. The van der Waals surface area contributed by atoms with Gasteiger partial charge in [-0.3, -0.25) is 9.48 Å². The summed E-state index contributed by atoms with van der Waals surface area (Å²) in [7, 11) is 0. The molecular formula is C16H19BrN2O2. The number of hydrogen-bond donors (Lipinski definition) is 1. The van der Waals surface area contributed by atoms with Crippen LogP contribution in [0.15, 0.2) is 34.8 Å². The summed E-state index contributed by atoms with van der Waals surface area (Å²) in [5.41, 5.74) is 2.86. The summed E-state index contributed by atoms with van der Waals surface area (Å²) < 4.78 is 2.92. The van der Waals surface area contributed by atoms with Crippen molar-refractivity contribution in [2.45, 2.75) is 39.2 Å². The van der Waals surface area contributed by atoms with E-state index in [4.69, 9.17) is 0 Å². The Morgan fingerprint density at radius 2 is 2.05 bits per heavy atom. The first-order valence-corrected chi connectivity index (χ1v) is 7.83. The van der Waals surface area contributed by atoms with Crippen molar-refractivity contribution in [3.05, 3.63) is 51.8 Å². The van der Waals surface area contributed by atoms with Crippen LogP contribution in [0.4, 0.5) is 0 Å². The molecule has 5 heteroatoms. The number of carboxylic acids is 1. The maximum Gasteiger partial charge on any atom is 0.310 e. The minimum atomic E-state index is -0.781. The van der Waals surface area contributed by atoms with Gasteiger partial charge < -0.3 is 5.11 Å². The molecule has 0 saturated carbocycles. The number of aliphatic carboxylic acids is 1. The molecule has 0 radical (unpaired) electrons. The van der Waals surface area contributed by atoms with Gasteiger partial charge in [0.2, 0.25) is 0 Å². The molecule has 1 heterocycles. The molecule has 0 saturated heterocycles. The van der Waals surface area contributed by atoms with Crippen molar-refractivity contribution in [2.75, 3.05) is 0 Å². The predicted octanol–water partition coefficient (Wildman–Crippen LogP) is 3.77. The number of benzene rings is 1. The van der Waals surface area contributed by atoms with Crippen LogP contribution in [0.3, 0.4) is 0 Å². The molecular weight excluding hydrogens is 332 g/mol. The summed E-state index contributed by atoms with van der Waals surface area (Å²) >= 11 is 3.55. The van der Waals surface area contributed by atoms with Crippen LogP contribution in [-0.4, -0.2) is 20.9 Å². The fraction of sp³-hybridized carbons (Fsp3) is 0.375. The number of carbonyl (C=O) groups is 1. The van der Waals surface area contributed by atoms with Crippen molar-refractivity contribution < 1.29 is 9.90 Å². The van der Waals surface area contributed by atoms with Gasteiger partial charge in [0, 0.05) is 6.54 Å². The van der Waals surface area contributed by atoms with E-state index in [1.54, 1.807) is 0 Å². The van der Waals surface area contributed by atoms with Crippen molar-refractivity contribution >= 4 is 21.9 Å². The second kappa shape index (κ2) is 6.89. The van der Waals surface area contributed by atoms with Crippen molar-refractivity contribution in [1.29, 1.82) is 0 Å². The summed E-state index contributed by atoms with van der Waals surface area (Å²) in [5, 5.41) is 13.9. The van der Waals surface area contributed by atoms with Gasteiger partial charge in [0.1, 0.15) is 0 Å². The Morgan fingerprint density at radius 1 is 1.38 bits per heavy atom. The summed E-state index contributed by atoms with van der Waals surface area (Å²) in [6.07, 6.45) is 1.24. The first-order chi connectivity index (χ1) is 10.0. The lowest BCUT2D eigenvalue weighted by atomic mass is 9.93. The number of rotatable bonds is 6. The molecule has 112 valence electrons.